The Kier molecular flexibility index (Phi) is 8.91. The second-order valence-corrected chi connectivity index (χ2v) is 9.57. The van der Waals surface area contributed by atoms with Crippen LogP contribution in [-0.2, 0) is 18.5 Å². The topological polar surface area (TPSA) is 0 Å². The maximum atomic E-state index is 14.7. The van der Waals surface area contributed by atoms with E-state index in [1.165, 1.54) is 23.6 Å². The van der Waals surface area contributed by atoms with E-state index in [0.717, 1.165) is 30.4 Å². The van der Waals surface area contributed by atoms with Crippen molar-refractivity contribution in [3.05, 3.63) is 80.9 Å². The van der Waals surface area contributed by atoms with Crippen LogP contribution >= 0.6 is 0 Å². The molecular weight excluding hydrogens is 481 g/mol. The van der Waals surface area contributed by atoms with E-state index in [-0.39, 0.29) is 11.1 Å². The summed E-state index contributed by atoms with van der Waals surface area (Å²) in [4.78, 5) is 0. The molecule has 0 saturated heterocycles. The summed E-state index contributed by atoms with van der Waals surface area (Å²) in [5.41, 5.74) is -0.167. The van der Waals surface area contributed by atoms with Crippen LogP contribution in [0.15, 0.2) is 42.0 Å². The predicted octanol–water partition coefficient (Wildman–Crippen LogP) is 10.0. The molecule has 0 nitrogen and oxygen atoms in total. The van der Waals surface area contributed by atoms with Crippen molar-refractivity contribution in [1.29, 1.82) is 0 Å². The van der Waals surface area contributed by atoms with Crippen molar-refractivity contribution in [2.75, 3.05) is 0 Å². The van der Waals surface area contributed by atoms with E-state index in [4.69, 9.17) is 0 Å². The smallest absolute Gasteiger partial charge is 0.218 e. The molecule has 1 aliphatic rings. The van der Waals surface area contributed by atoms with E-state index in [2.05, 4.69) is 19.9 Å². The molecule has 0 amide bonds. The van der Waals surface area contributed by atoms with E-state index < -0.39 is 23.6 Å². The molecule has 3 rings (SSSR count). The second-order valence-electron chi connectivity index (χ2n) is 9.57. The van der Waals surface area contributed by atoms with Gasteiger partial charge >= 0.3 is 18.0 Å². The number of hydrogen-bond donors (Lipinski definition) is 0. The van der Waals surface area contributed by atoms with Gasteiger partial charge in [0.15, 0.2) is 0 Å². The SMILES string of the molecule is C/C(=C(/C)c1cc(C(F)(C(F)(F)F)C(F)(F)F)cc(C)c1C)c1ccc2c(c1)CCC2.CC=C(C)C. The fraction of sp³-hybridized carbons (Fsp3) is 0.448. The highest BCUT2D eigenvalue weighted by Crippen LogP contribution is 2.54. The van der Waals surface area contributed by atoms with Gasteiger partial charge in [-0.1, -0.05) is 35.9 Å². The molecule has 1 aliphatic carbocycles. The zero-order valence-electron chi connectivity index (χ0n) is 21.7. The minimum atomic E-state index is -6.14. The maximum absolute atomic E-state index is 14.7. The lowest BCUT2D eigenvalue weighted by Gasteiger charge is -2.31. The van der Waals surface area contributed by atoms with Crippen LogP contribution in [0.25, 0.3) is 11.1 Å². The Labute approximate surface area is 208 Å². The lowest BCUT2D eigenvalue weighted by molar-refractivity contribution is -0.348. The Morgan fingerprint density at radius 3 is 1.78 bits per heavy atom. The molecule has 0 unspecified atom stereocenters. The number of aryl methyl sites for hydroxylation is 3. The van der Waals surface area contributed by atoms with Crippen LogP contribution in [0.5, 0.6) is 0 Å². The Hall–Kier alpha value is -2.57. The van der Waals surface area contributed by atoms with Crippen molar-refractivity contribution < 1.29 is 30.7 Å². The van der Waals surface area contributed by atoms with Crippen LogP contribution < -0.4 is 0 Å². The molecular formula is C29H33F7. The number of benzene rings is 2. The highest BCUT2D eigenvalue weighted by atomic mass is 19.4. The molecule has 0 bridgehead atoms. The Bertz CT molecular complexity index is 1140. The molecule has 36 heavy (non-hydrogen) atoms. The molecule has 0 N–H and O–H groups in total. The van der Waals surface area contributed by atoms with E-state index in [9.17, 15) is 30.7 Å². The molecule has 7 heteroatoms. The van der Waals surface area contributed by atoms with Crippen molar-refractivity contribution in [1.82, 2.24) is 0 Å². The molecule has 0 saturated carbocycles. The van der Waals surface area contributed by atoms with E-state index >= 15 is 0 Å². The van der Waals surface area contributed by atoms with Crippen LogP contribution in [0, 0.1) is 13.8 Å². The summed E-state index contributed by atoms with van der Waals surface area (Å²) in [6.45, 7) is 12.6. The Balaban J connectivity index is 0.000000830. The van der Waals surface area contributed by atoms with Crippen LogP contribution in [0.1, 0.15) is 80.0 Å². The molecule has 0 aliphatic heterocycles. The summed E-state index contributed by atoms with van der Waals surface area (Å²) < 4.78 is 94.5. The maximum Gasteiger partial charge on any atom is 0.435 e. The average molecular weight is 515 g/mol. The van der Waals surface area contributed by atoms with Crippen molar-refractivity contribution in [3.63, 3.8) is 0 Å². The number of halogens is 7. The molecule has 2 aromatic carbocycles. The number of hydrogen-bond acceptors (Lipinski definition) is 0. The van der Waals surface area contributed by atoms with Crippen molar-refractivity contribution in [3.8, 4) is 0 Å². The largest absolute Gasteiger partial charge is 0.435 e. The molecule has 0 atom stereocenters. The van der Waals surface area contributed by atoms with Crippen molar-refractivity contribution >= 4 is 11.1 Å². The summed E-state index contributed by atoms with van der Waals surface area (Å²) in [5, 5.41) is 0. The fourth-order valence-corrected chi connectivity index (χ4v) is 4.16. The van der Waals surface area contributed by atoms with Crippen LogP contribution in [0.2, 0.25) is 0 Å². The van der Waals surface area contributed by atoms with Crippen LogP contribution in [0.4, 0.5) is 30.7 Å². The van der Waals surface area contributed by atoms with Gasteiger partial charge in [-0.05, 0) is 118 Å². The summed E-state index contributed by atoms with van der Waals surface area (Å²) in [7, 11) is 0. The molecule has 198 valence electrons. The van der Waals surface area contributed by atoms with Gasteiger partial charge in [0.1, 0.15) is 0 Å². The van der Waals surface area contributed by atoms with Gasteiger partial charge in [-0.15, -0.1) is 0 Å². The lowest BCUT2D eigenvalue weighted by Crippen LogP contribution is -2.50. The predicted molar refractivity (Wildman–Crippen MR) is 133 cm³/mol. The molecule has 0 spiro atoms. The van der Waals surface area contributed by atoms with Crippen LogP contribution in [0.3, 0.4) is 0 Å². The standard InChI is InChI=1S/C24H23F7.C5H10/c1-13-10-20(22(25,23(26,27)28)24(29,30)31)12-21(14(13)2)16(4)15(3)18-9-8-17-6-5-7-19(17)11-18;1-4-5(2)3/h8-12H,5-7H2,1-4H3;4H,1-3H3/b16-15+;. The summed E-state index contributed by atoms with van der Waals surface area (Å²) in [5.74, 6) is 0. The summed E-state index contributed by atoms with van der Waals surface area (Å²) >= 11 is 0. The number of allylic oxidation sites excluding steroid dienone is 4. The first-order valence-electron chi connectivity index (χ1n) is 11.8. The van der Waals surface area contributed by atoms with Gasteiger partial charge in [0.2, 0.25) is 0 Å². The quantitative estimate of drug-likeness (QED) is 0.217. The van der Waals surface area contributed by atoms with Crippen molar-refractivity contribution in [2.24, 2.45) is 0 Å². The van der Waals surface area contributed by atoms with E-state index in [1.807, 2.05) is 25.1 Å². The molecule has 0 fully saturated rings. The fourth-order valence-electron chi connectivity index (χ4n) is 4.16. The van der Waals surface area contributed by atoms with Gasteiger partial charge in [-0.2, -0.15) is 26.3 Å². The van der Waals surface area contributed by atoms with Crippen LogP contribution in [-0.4, -0.2) is 12.4 Å². The minimum absolute atomic E-state index is 0.157. The normalized spacial score (nSPS) is 14.5. The summed E-state index contributed by atoms with van der Waals surface area (Å²) in [6, 6.07) is 7.24. The van der Waals surface area contributed by atoms with Gasteiger partial charge in [0.25, 0.3) is 0 Å². The van der Waals surface area contributed by atoms with Gasteiger partial charge < -0.3 is 0 Å². The van der Waals surface area contributed by atoms with E-state index in [0.29, 0.717) is 23.3 Å². The molecule has 0 aromatic heterocycles. The minimum Gasteiger partial charge on any atom is -0.218 e. The third kappa shape index (κ3) is 5.87. The number of alkyl halides is 7. The van der Waals surface area contributed by atoms with Gasteiger partial charge in [0, 0.05) is 5.56 Å². The summed E-state index contributed by atoms with van der Waals surface area (Å²) in [6.07, 6.45) is -7.22. The molecule has 0 heterocycles. The Morgan fingerprint density at radius 1 is 0.750 bits per heavy atom. The first-order valence-corrected chi connectivity index (χ1v) is 11.8. The highest BCUT2D eigenvalue weighted by Gasteiger charge is 2.73. The zero-order valence-corrected chi connectivity index (χ0v) is 21.7. The molecule has 2 aromatic rings. The monoisotopic (exact) mass is 514 g/mol. The Morgan fingerprint density at radius 2 is 1.28 bits per heavy atom. The van der Waals surface area contributed by atoms with E-state index in [1.54, 1.807) is 20.8 Å². The molecule has 0 radical (unpaired) electrons. The zero-order chi connectivity index (χ0) is 27.6. The average Bonchev–Trinajstić information content (AvgIpc) is 3.26. The first kappa shape index (κ1) is 29.7. The van der Waals surface area contributed by atoms with Gasteiger partial charge in [-0.25, -0.2) is 4.39 Å². The second kappa shape index (κ2) is 10.8. The third-order valence-corrected chi connectivity index (χ3v) is 6.92. The van der Waals surface area contributed by atoms with Gasteiger partial charge in [0.05, 0.1) is 0 Å². The third-order valence-electron chi connectivity index (χ3n) is 6.92. The van der Waals surface area contributed by atoms with Gasteiger partial charge in [-0.3, -0.25) is 0 Å². The first-order chi connectivity index (χ1) is 16.5. The number of fused-ring (bicyclic) bond motifs is 1. The number of rotatable bonds is 3. The lowest BCUT2D eigenvalue weighted by atomic mass is 9.85. The van der Waals surface area contributed by atoms with Crippen molar-refractivity contribution in [2.45, 2.75) is 85.7 Å². The highest BCUT2D eigenvalue weighted by molar-refractivity contribution is 5.90.